The van der Waals surface area contributed by atoms with Gasteiger partial charge in [-0.25, -0.2) is 0 Å². The number of carboxylic acids is 1. The van der Waals surface area contributed by atoms with E-state index in [1.807, 2.05) is 0 Å². The predicted molar refractivity (Wildman–Crippen MR) is 76.2 cm³/mol. The first kappa shape index (κ1) is 14.8. The van der Waals surface area contributed by atoms with Gasteiger partial charge in [-0.3, -0.25) is 4.79 Å². The number of piperidine rings is 1. The molecule has 2 rings (SSSR count). The molecule has 2 fully saturated rings. The lowest BCUT2D eigenvalue weighted by Gasteiger charge is -2.40. The van der Waals surface area contributed by atoms with Crippen LogP contribution in [0.4, 0.5) is 0 Å². The largest absolute Gasteiger partial charge is 0.481 e. The molecule has 0 spiro atoms. The van der Waals surface area contributed by atoms with Crippen molar-refractivity contribution in [2.24, 2.45) is 17.8 Å². The maximum atomic E-state index is 11.3. The number of rotatable bonds is 6. The van der Waals surface area contributed by atoms with Crippen molar-refractivity contribution in [3.8, 4) is 0 Å². The molecule has 1 saturated carbocycles. The molecule has 2 N–H and O–H groups in total. The Morgan fingerprint density at radius 2 is 2.11 bits per heavy atom. The summed E-state index contributed by atoms with van der Waals surface area (Å²) >= 11 is 0. The van der Waals surface area contributed by atoms with Crippen LogP contribution in [0.2, 0.25) is 0 Å². The first-order valence-electron chi connectivity index (χ1n) is 7.73. The Balaban J connectivity index is 1.85. The van der Waals surface area contributed by atoms with Gasteiger partial charge in [0.25, 0.3) is 0 Å². The van der Waals surface area contributed by atoms with E-state index in [0.717, 1.165) is 38.5 Å². The van der Waals surface area contributed by atoms with Gasteiger partial charge in [0, 0.05) is 25.7 Å². The van der Waals surface area contributed by atoms with Crippen LogP contribution in [0.1, 0.15) is 39.5 Å². The molecule has 2 aliphatic rings. The lowest BCUT2D eigenvalue weighted by atomic mass is 9.84. The number of nitrogens with zero attached hydrogens (tertiary/aromatic N) is 1. The molecule has 1 saturated heterocycles. The predicted octanol–water partition coefficient (Wildman–Crippen LogP) is 1.81. The van der Waals surface area contributed by atoms with E-state index in [1.54, 1.807) is 0 Å². The zero-order valence-corrected chi connectivity index (χ0v) is 12.3. The first-order chi connectivity index (χ1) is 9.04. The fourth-order valence-electron chi connectivity index (χ4n) is 3.11. The molecular formula is C15H28N2O2. The van der Waals surface area contributed by atoms with Crippen LogP contribution in [0.3, 0.4) is 0 Å². The molecule has 0 radical (unpaired) electrons. The van der Waals surface area contributed by atoms with E-state index in [-0.39, 0.29) is 5.92 Å². The van der Waals surface area contributed by atoms with E-state index in [2.05, 4.69) is 24.1 Å². The molecule has 2 atom stereocenters. The fraction of sp³-hybridized carbons (Fsp3) is 0.933. The number of nitrogens with one attached hydrogen (secondary N) is 1. The van der Waals surface area contributed by atoms with Crippen LogP contribution in [-0.2, 0) is 4.79 Å². The minimum atomic E-state index is -0.630. The summed E-state index contributed by atoms with van der Waals surface area (Å²) in [5, 5.41) is 12.8. The van der Waals surface area contributed by atoms with Crippen molar-refractivity contribution in [1.82, 2.24) is 10.2 Å². The Kier molecular flexibility index (Phi) is 5.22. The third-order valence-electron chi connectivity index (χ3n) is 4.43. The molecule has 0 bridgehead atoms. The third kappa shape index (κ3) is 4.46. The van der Waals surface area contributed by atoms with Crippen LogP contribution in [0.15, 0.2) is 0 Å². The summed E-state index contributed by atoms with van der Waals surface area (Å²) in [6.45, 7) is 8.23. The zero-order chi connectivity index (χ0) is 13.8. The van der Waals surface area contributed by atoms with E-state index in [4.69, 9.17) is 0 Å². The highest BCUT2D eigenvalue weighted by Crippen LogP contribution is 2.29. The summed E-state index contributed by atoms with van der Waals surface area (Å²) in [6.07, 6.45) is 4.80. The van der Waals surface area contributed by atoms with Crippen LogP contribution >= 0.6 is 0 Å². The normalized spacial score (nSPS) is 29.4. The summed E-state index contributed by atoms with van der Waals surface area (Å²) in [7, 11) is 0. The van der Waals surface area contributed by atoms with Crippen LogP contribution < -0.4 is 5.32 Å². The SMILES string of the molecule is CC(C)CNC1CC(C(=O)O)CN(CC2CCC2)C1. The van der Waals surface area contributed by atoms with E-state index >= 15 is 0 Å². The second-order valence-electron chi connectivity index (χ2n) is 6.79. The Morgan fingerprint density at radius 1 is 1.37 bits per heavy atom. The molecular weight excluding hydrogens is 240 g/mol. The first-order valence-corrected chi connectivity index (χ1v) is 7.73. The van der Waals surface area contributed by atoms with E-state index in [9.17, 15) is 9.90 Å². The average Bonchev–Trinajstić information content (AvgIpc) is 2.31. The van der Waals surface area contributed by atoms with Crippen molar-refractivity contribution in [3.63, 3.8) is 0 Å². The van der Waals surface area contributed by atoms with E-state index in [1.165, 1.54) is 19.3 Å². The summed E-state index contributed by atoms with van der Waals surface area (Å²) in [5.41, 5.74) is 0. The Morgan fingerprint density at radius 3 is 2.63 bits per heavy atom. The molecule has 1 heterocycles. The molecule has 0 amide bonds. The molecule has 1 aliphatic heterocycles. The maximum absolute atomic E-state index is 11.3. The van der Waals surface area contributed by atoms with Crippen LogP contribution in [0.25, 0.3) is 0 Å². The second-order valence-corrected chi connectivity index (χ2v) is 6.79. The van der Waals surface area contributed by atoms with Crippen molar-refractivity contribution in [3.05, 3.63) is 0 Å². The summed E-state index contributed by atoms with van der Waals surface area (Å²) in [5.74, 6) is 0.608. The van der Waals surface area contributed by atoms with Crippen molar-refractivity contribution < 1.29 is 9.90 Å². The van der Waals surface area contributed by atoms with Crippen molar-refractivity contribution in [1.29, 1.82) is 0 Å². The van der Waals surface area contributed by atoms with Crippen LogP contribution in [0, 0.1) is 17.8 Å². The summed E-state index contributed by atoms with van der Waals surface area (Å²) in [4.78, 5) is 13.7. The number of hydrogen-bond donors (Lipinski definition) is 2. The average molecular weight is 268 g/mol. The fourth-order valence-corrected chi connectivity index (χ4v) is 3.11. The standard InChI is InChI=1S/C15H28N2O2/c1-11(2)7-16-14-6-13(15(18)19)9-17(10-14)8-12-4-3-5-12/h11-14,16H,3-10H2,1-2H3,(H,18,19). The van der Waals surface area contributed by atoms with Crippen molar-refractivity contribution in [2.45, 2.75) is 45.6 Å². The van der Waals surface area contributed by atoms with Crippen molar-refractivity contribution in [2.75, 3.05) is 26.2 Å². The van der Waals surface area contributed by atoms with Gasteiger partial charge in [-0.1, -0.05) is 20.3 Å². The van der Waals surface area contributed by atoms with Gasteiger partial charge >= 0.3 is 5.97 Å². The quantitative estimate of drug-likeness (QED) is 0.771. The molecule has 0 aromatic carbocycles. The molecule has 1 aliphatic carbocycles. The highest BCUT2D eigenvalue weighted by molar-refractivity contribution is 5.70. The molecule has 110 valence electrons. The third-order valence-corrected chi connectivity index (χ3v) is 4.43. The van der Waals surface area contributed by atoms with Crippen LogP contribution in [0.5, 0.6) is 0 Å². The highest BCUT2D eigenvalue weighted by Gasteiger charge is 2.33. The van der Waals surface area contributed by atoms with Gasteiger partial charge in [0.05, 0.1) is 5.92 Å². The minimum absolute atomic E-state index is 0.196. The lowest BCUT2D eigenvalue weighted by molar-refractivity contribution is -0.144. The molecule has 2 unspecified atom stereocenters. The van der Waals surface area contributed by atoms with E-state index in [0.29, 0.717) is 12.0 Å². The number of carboxylic acid groups (broad SMARTS) is 1. The monoisotopic (exact) mass is 268 g/mol. The van der Waals surface area contributed by atoms with Crippen LogP contribution in [-0.4, -0.2) is 48.2 Å². The number of likely N-dealkylation sites (tertiary alicyclic amines) is 1. The van der Waals surface area contributed by atoms with E-state index < -0.39 is 5.97 Å². The number of hydrogen-bond acceptors (Lipinski definition) is 3. The number of carbonyl (C=O) groups is 1. The molecule has 19 heavy (non-hydrogen) atoms. The Labute approximate surface area is 116 Å². The summed E-state index contributed by atoms with van der Waals surface area (Å²) < 4.78 is 0. The molecule has 0 aromatic rings. The minimum Gasteiger partial charge on any atom is -0.481 e. The smallest absolute Gasteiger partial charge is 0.307 e. The molecule has 4 heteroatoms. The molecule has 0 aromatic heterocycles. The van der Waals surface area contributed by atoms with Gasteiger partial charge < -0.3 is 15.3 Å². The molecule has 4 nitrogen and oxygen atoms in total. The van der Waals surface area contributed by atoms with Gasteiger partial charge in [0.15, 0.2) is 0 Å². The highest BCUT2D eigenvalue weighted by atomic mass is 16.4. The summed E-state index contributed by atoms with van der Waals surface area (Å²) in [6, 6.07) is 0.345. The second kappa shape index (κ2) is 6.71. The Bertz CT molecular complexity index is 303. The Hall–Kier alpha value is -0.610. The number of aliphatic carboxylic acids is 1. The van der Waals surface area contributed by atoms with Gasteiger partial charge in [0.2, 0.25) is 0 Å². The van der Waals surface area contributed by atoms with Crippen molar-refractivity contribution >= 4 is 5.97 Å². The topological polar surface area (TPSA) is 52.6 Å². The lowest BCUT2D eigenvalue weighted by Crippen LogP contribution is -2.52. The van der Waals surface area contributed by atoms with Gasteiger partial charge in [-0.05, 0) is 37.6 Å². The maximum Gasteiger partial charge on any atom is 0.307 e. The van der Waals surface area contributed by atoms with Gasteiger partial charge in [-0.15, -0.1) is 0 Å². The van der Waals surface area contributed by atoms with Gasteiger partial charge in [-0.2, -0.15) is 0 Å². The van der Waals surface area contributed by atoms with Gasteiger partial charge in [0.1, 0.15) is 0 Å². The zero-order valence-electron chi connectivity index (χ0n) is 12.3.